The highest BCUT2D eigenvalue weighted by atomic mass is 35.5. The van der Waals surface area contributed by atoms with Crippen LogP contribution in [0.3, 0.4) is 0 Å². The van der Waals surface area contributed by atoms with E-state index in [0.29, 0.717) is 34.8 Å². The van der Waals surface area contributed by atoms with Gasteiger partial charge in [-0.05, 0) is 43.9 Å². The second-order valence-electron chi connectivity index (χ2n) is 8.83. The van der Waals surface area contributed by atoms with Gasteiger partial charge in [0.25, 0.3) is 0 Å². The van der Waals surface area contributed by atoms with Gasteiger partial charge in [0.15, 0.2) is 11.2 Å². The molecular formula is C26H26ClNO7. The van der Waals surface area contributed by atoms with Crippen LogP contribution in [0.25, 0.3) is 11.0 Å². The number of dihydropyridines is 1. The Morgan fingerprint density at radius 1 is 1.26 bits per heavy atom. The summed E-state index contributed by atoms with van der Waals surface area (Å²) in [5.41, 5.74) is 1.29. The summed E-state index contributed by atoms with van der Waals surface area (Å²) in [6, 6.07) is 4.66. The Bertz CT molecular complexity index is 1350. The smallest absolute Gasteiger partial charge is 0.336 e. The van der Waals surface area contributed by atoms with Crippen molar-refractivity contribution in [1.82, 2.24) is 5.32 Å². The quantitative estimate of drug-likeness (QED) is 0.485. The molecule has 184 valence electrons. The maximum atomic E-state index is 13.7. The molecular weight excluding hydrogens is 474 g/mol. The van der Waals surface area contributed by atoms with Crippen LogP contribution >= 0.6 is 11.6 Å². The van der Waals surface area contributed by atoms with E-state index in [0.717, 1.165) is 0 Å². The molecule has 3 atom stereocenters. The summed E-state index contributed by atoms with van der Waals surface area (Å²) < 4.78 is 16.0. The Balaban J connectivity index is 1.97. The van der Waals surface area contributed by atoms with Crippen molar-refractivity contribution in [3.05, 3.63) is 67.8 Å². The summed E-state index contributed by atoms with van der Waals surface area (Å²) in [4.78, 5) is 53.1. The Hall–Kier alpha value is -3.39. The molecule has 35 heavy (non-hydrogen) atoms. The zero-order chi connectivity index (χ0) is 25.4. The van der Waals surface area contributed by atoms with Crippen LogP contribution in [0.4, 0.5) is 0 Å². The van der Waals surface area contributed by atoms with Gasteiger partial charge in [0.05, 0.1) is 36.9 Å². The molecule has 0 saturated carbocycles. The van der Waals surface area contributed by atoms with Gasteiger partial charge in [-0.15, -0.1) is 0 Å². The van der Waals surface area contributed by atoms with E-state index in [4.69, 9.17) is 25.5 Å². The Morgan fingerprint density at radius 3 is 2.69 bits per heavy atom. The molecule has 0 bridgehead atoms. The predicted molar refractivity (Wildman–Crippen MR) is 129 cm³/mol. The first-order chi connectivity index (χ1) is 16.7. The predicted octanol–water partition coefficient (Wildman–Crippen LogP) is 4.01. The number of fused-ring (bicyclic) bond motifs is 1. The SMILES string of the molecule is CCCOC(=O)C1=C(C)NC2=C(C(=O)[C@@H](C(=O)OC)[C@H](C)C2)[C@@H]1c1coc2ccc(Cl)cc2c1=O. The number of methoxy groups -OCH3 is 1. The molecule has 1 aromatic carbocycles. The number of nitrogens with one attached hydrogen (secondary N) is 1. The van der Waals surface area contributed by atoms with Crippen molar-refractivity contribution in [2.45, 2.75) is 39.5 Å². The average molecular weight is 500 g/mol. The number of hydrogen-bond donors (Lipinski definition) is 1. The lowest BCUT2D eigenvalue weighted by atomic mass is 9.69. The highest BCUT2D eigenvalue weighted by Gasteiger charge is 2.48. The second-order valence-corrected chi connectivity index (χ2v) is 9.27. The van der Waals surface area contributed by atoms with E-state index in [1.54, 1.807) is 26.0 Å². The molecule has 2 aromatic rings. The van der Waals surface area contributed by atoms with Gasteiger partial charge in [-0.25, -0.2) is 4.79 Å². The summed E-state index contributed by atoms with van der Waals surface area (Å²) >= 11 is 6.12. The number of hydrogen-bond acceptors (Lipinski definition) is 8. The minimum Gasteiger partial charge on any atom is -0.468 e. The lowest BCUT2D eigenvalue weighted by Gasteiger charge is -2.37. The number of carbonyl (C=O) groups excluding carboxylic acids is 3. The lowest BCUT2D eigenvalue weighted by molar-refractivity contribution is -0.151. The van der Waals surface area contributed by atoms with Crippen molar-refractivity contribution in [1.29, 1.82) is 0 Å². The fraction of sp³-hybridized carbons (Fsp3) is 0.385. The maximum absolute atomic E-state index is 13.7. The highest BCUT2D eigenvalue weighted by Crippen LogP contribution is 2.45. The van der Waals surface area contributed by atoms with Crippen LogP contribution in [0.5, 0.6) is 0 Å². The summed E-state index contributed by atoms with van der Waals surface area (Å²) in [5, 5.41) is 3.72. The first kappa shape index (κ1) is 24.7. The third-order valence-electron chi connectivity index (χ3n) is 6.47. The monoisotopic (exact) mass is 499 g/mol. The number of rotatable bonds is 5. The normalized spacial score (nSPS) is 22.1. The number of allylic oxidation sites excluding steroid dienone is 3. The first-order valence-corrected chi connectivity index (χ1v) is 11.8. The maximum Gasteiger partial charge on any atom is 0.336 e. The van der Waals surface area contributed by atoms with E-state index in [-0.39, 0.29) is 34.6 Å². The standard InChI is InChI=1S/C26H26ClNO7/c1-5-8-34-26(32)20-13(3)28-17-9-12(2)19(25(31)33-4)24(30)22(17)21(20)16-11-35-18-7-6-14(27)10-15(18)23(16)29/h6-7,10-12,19,21,28H,5,8-9H2,1-4H3/t12-,19+,21-/m1/s1. The van der Waals surface area contributed by atoms with E-state index in [2.05, 4.69) is 5.32 Å². The van der Waals surface area contributed by atoms with Crippen molar-refractivity contribution in [2.24, 2.45) is 11.8 Å². The summed E-state index contributed by atoms with van der Waals surface area (Å²) in [5.74, 6) is -4.29. The van der Waals surface area contributed by atoms with Crippen molar-refractivity contribution < 1.29 is 28.3 Å². The molecule has 1 aromatic heterocycles. The van der Waals surface area contributed by atoms with Gasteiger partial charge >= 0.3 is 11.9 Å². The van der Waals surface area contributed by atoms with E-state index in [1.807, 2.05) is 6.92 Å². The molecule has 1 aliphatic carbocycles. The fourth-order valence-electron chi connectivity index (χ4n) is 4.85. The molecule has 2 aliphatic rings. The Labute approximate surface area is 206 Å². The van der Waals surface area contributed by atoms with Gasteiger partial charge in [0, 0.05) is 27.6 Å². The topological polar surface area (TPSA) is 112 Å². The molecule has 4 rings (SSSR count). The van der Waals surface area contributed by atoms with E-state index >= 15 is 0 Å². The van der Waals surface area contributed by atoms with Crippen LogP contribution in [-0.2, 0) is 23.9 Å². The zero-order valence-corrected chi connectivity index (χ0v) is 20.7. The molecule has 0 amide bonds. The van der Waals surface area contributed by atoms with E-state index < -0.39 is 35.0 Å². The molecule has 0 radical (unpaired) electrons. The minimum atomic E-state index is -1.08. The van der Waals surface area contributed by atoms with Crippen molar-refractivity contribution >= 4 is 40.3 Å². The third-order valence-corrected chi connectivity index (χ3v) is 6.71. The molecule has 0 spiro atoms. The van der Waals surface area contributed by atoms with Gasteiger partial charge in [0.1, 0.15) is 11.5 Å². The summed E-state index contributed by atoms with van der Waals surface area (Å²) in [6.45, 7) is 5.52. The summed E-state index contributed by atoms with van der Waals surface area (Å²) in [7, 11) is 1.22. The number of esters is 2. The Kier molecular flexibility index (Phi) is 6.85. The van der Waals surface area contributed by atoms with Crippen LogP contribution in [0.15, 0.2) is 56.2 Å². The highest BCUT2D eigenvalue weighted by molar-refractivity contribution is 6.31. The van der Waals surface area contributed by atoms with Crippen molar-refractivity contribution in [3.8, 4) is 0 Å². The Morgan fingerprint density at radius 2 is 2.00 bits per heavy atom. The van der Waals surface area contributed by atoms with Crippen LogP contribution in [-0.4, -0.2) is 31.4 Å². The molecule has 2 heterocycles. The minimum absolute atomic E-state index is 0.0862. The number of ether oxygens (including phenoxy) is 2. The molecule has 0 unspecified atom stereocenters. The molecule has 0 saturated heterocycles. The first-order valence-electron chi connectivity index (χ1n) is 11.4. The second kappa shape index (κ2) is 9.70. The number of halogens is 1. The molecule has 9 heteroatoms. The van der Waals surface area contributed by atoms with Crippen LogP contribution in [0.1, 0.15) is 45.1 Å². The molecule has 1 N–H and O–H groups in total. The number of benzene rings is 1. The van der Waals surface area contributed by atoms with Crippen molar-refractivity contribution in [2.75, 3.05) is 13.7 Å². The fourth-order valence-corrected chi connectivity index (χ4v) is 5.02. The average Bonchev–Trinajstić information content (AvgIpc) is 2.82. The van der Waals surface area contributed by atoms with Gasteiger partial charge in [-0.3, -0.25) is 14.4 Å². The third kappa shape index (κ3) is 4.27. The van der Waals surface area contributed by atoms with Crippen LogP contribution in [0, 0.1) is 11.8 Å². The van der Waals surface area contributed by atoms with Gasteiger partial charge < -0.3 is 19.2 Å². The van der Waals surface area contributed by atoms with Crippen LogP contribution in [0.2, 0.25) is 5.02 Å². The largest absolute Gasteiger partial charge is 0.468 e. The van der Waals surface area contributed by atoms with Crippen LogP contribution < -0.4 is 10.7 Å². The van der Waals surface area contributed by atoms with Crippen molar-refractivity contribution in [3.63, 3.8) is 0 Å². The zero-order valence-electron chi connectivity index (χ0n) is 19.9. The number of carbonyl (C=O) groups is 3. The molecule has 8 nitrogen and oxygen atoms in total. The van der Waals surface area contributed by atoms with E-state index in [1.165, 1.54) is 19.4 Å². The number of ketones is 1. The van der Waals surface area contributed by atoms with Gasteiger partial charge in [-0.2, -0.15) is 0 Å². The molecule has 0 fully saturated rings. The lowest BCUT2D eigenvalue weighted by Crippen LogP contribution is -2.44. The molecule has 1 aliphatic heterocycles. The number of Topliss-reactive ketones (excluding diaryl/α,β-unsaturated/α-hetero) is 1. The van der Waals surface area contributed by atoms with Gasteiger partial charge in [0.2, 0.25) is 0 Å². The van der Waals surface area contributed by atoms with Gasteiger partial charge in [-0.1, -0.05) is 25.4 Å². The van der Waals surface area contributed by atoms with E-state index in [9.17, 15) is 19.2 Å². The summed E-state index contributed by atoms with van der Waals surface area (Å²) in [6.07, 6.45) is 2.22.